The van der Waals surface area contributed by atoms with Gasteiger partial charge in [-0.15, -0.1) is 12.6 Å². The van der Waals surface area contributed by atoms with Gasteiger partial charge in [-0.2, -0.15) is 0 Å². The first-order chi connectivity index (χ1) is 6.84. The Hall–Kier alpha value is -1.28. The fourth-order valence-corrected chi connectivity index (χ4v) is 1.47. The number of rotatable bonds is 2. The predicted molar refractivity (Wildman–Crippen MR) is 60.7 cm³/mol. The highest BCUT2D eigenvalue weighted by Crippen LogP contribution is 2.10. The Balaban J connectivity index is 2.16. The molecule has 0 amide bonds. The van der Waals surface area contributed by atoms with Crippen LogP contribution in [0.2, 0.25) is 0 Å². The number of nitrogens with zero attached hydrogens (tertiary/aromatic N) is 1. The zero-order valence-corrected chi connectivity index (χ0v) is 8.61. The summed E-state index contributed by atoms with van der Waals surface area (Å²) in [6, 6.07) is 14.1. The lowest BCUT2D eigenvalue weighted by Crippen LogP contribution is -1.90. The van der Waals surface area contributed by atoms with E-state index in [0.29, 0.717) is 0 Å². The molecule has 2 aromatic rings. The highest BCUT2D eigenvalue weighted by atomic mass is 32.1. The molecule has 0 unspecified atom stereocenters. The Kier molecular flexibility index (Phi) is 2.84. The molecule has 0 aliphatic heterocycles. The van der Waals surface area contributed by atoms with Crippen molar-refractivity contribution in [3.05, 3.63) is 59.9 Å². The highest BCUT2D eigenvalue weighted by molar-refractivity contribution is 7.80. The summed E-state index contributed by atoms with van der Waals surface area (Å²) in [5.74, 6) is 0. The summed E-state index contributed by atoms with van der Waals surface area (Å²) >= 11 is 4.24. The molecule has 2 rings (SSSR count). The van der Waals surface area contributed by atoms with Gasteiger partial charge >= 0.3 is 0 Å². The molecule has 1 heterocycles. The van der Waals surface area contributed by atoms with Crippen molar-refractivity contribution in [1.82, 2.24) is 4.98 Å². The smallest absolute Gasteiger partial charge is 0.0447 e. The normalized spacial score (nSPS) is 10.1. The molecule has 0 bridgehead atoms. The van der Waals surface area contributed by atoms with E-state index in [4.69, 9.17) is 0 Å². The van der Waals surface area contributed by atoms with Gasteiger partial charge in [-0.25, -0.2) is 0 Å². The number of hydrogen-bond acceptors (Lipinski definition) is 2. The van der Waals surface area contributed by atoms with E-state index in [0.717, 1.165) is 17.0 Å². The van der Waals surface area contributed by atoms with Crippen molar-refractivity contribution in [3.8, 4) is 0 Å². The molecular formula is C12H11NS. The third kappa shape index (κ3) is 2.36. The fourth-order valence-electron chi connectivity index (χ4n) is 1.33. The molecule has 1 nitrogen and oxygen atoms in total. The molecule has 0 fully saturated rings. The molecule has 0 radical (unpaired) electrons. The Labute approximate surface area is 89.2 Å². The van der Waals surface area contributed by atoms with E-state index in [1.807, 2.05) is 36.5 Å². The van der Waals surface area contributed by atoms with Crippen molar-refractivity contribution in [3.63, 3.8) is 0 Å². The molecule has 1 aromatic heterocycles. The number of benzene rings is 1. The van der Waals surface area contributed by atoms with Gasteiger partial charge in [-0.3, -0.25) is 4.98 Å². The van der Waals surface area contributed by atoms with Crippen LogP contribution in [0.3, 0.4) is 0 Å². The fraction of sp³-hybridized carbons (Fsp3) is 0.0833. The maximum atomic E-state index is 4.28. The molecule has 0 saturated carbocycles. The molecule has 14 heavy (non-hydrogen) atoms. The number of hydrogen-bond donors (Lipinski definition) is 1. The molecule has 70 valence electrons. The van der Waals surface area contributed by atoms with E-state index < -0.39 is 0 Å². The van der Waals surface area contributed by atoms with Gasteiger partial charge in [-0.05, 0) is 29.8 Å². The van der Waals surface area contributed by atoms with E-state index in [-0.39, 0.29) is 0 Å². The standard InChI is InChI=1S/C12H11NS/c14-12-6-4-10(5-7-12)9-11-3-1-2-8-13-11/h1-8,14H,9H2. The zero-order valence-electron chi connectivity index (χ0n) is 7.72. The molecule has 0 N–H and O–H groups in total. The summed E-state index contributed by atoms with van der Waals surface area (Å²) < 4.78 is 0. The average molecular weight is 201 g/mol. The molecule has 0 spiro atoms. The van der Waals surface area contributed by atoms with Gasteiger partial charge in [0.05, 0.1) is 0 Å². The summed E-state index contributed by atoms with van der Waals surface area (Å²) in [4.78, 5) is 5.27. The first kappa shape index (κ1) is 9.28. The van der Waals surface area contributed by atoms with Crippen LogP contribution in [-0.2, 0) is 6.42 Å². The second-order valence-corrected chi connectivity index (χ2v) is 3.68. The molecule has 0 aliphatic rings. The lowest BCUT2D eigenvalue weighted by molar-refractivity contribution is 1.07. The van der Waals surface area contributed by atoms with Gasteiger partial charge in [0.2, 0.25) is 0 Å². The molecule has 0 aliphatic carbocycles. The van der Waals surface area contributed by atoms with Crippen LogP contribution in [0.15, 0.2) is 53.6 Å². The van der Waals surface area contributed by atoms with Gasteiger partial charge in [-0.1, -0.05) is 18.2 Å². The van der Waals surface area contributed by atoms with Gasteiger partial charge in [0.15, 0.2) is 0 Å². The SMILES string of the molecule is Sc1ccc(Cc2ccccn2)cc1. The Morgan fingerprint density at radius 2 is 1.79 bits per heavy atom. The summed E-state index contributed by atoms with van der Waals surface area (Å²) in [5, 5.41) is 0. The highest BCUT2D eigenvalue weighted by Gasteiger charge is 1.95. The number of pyridine rings is 1. The minimum atomic E-state index is 0.884. The van der Waals surface area contributed by atoms with E-state index in [9.17, 15) is 0 Å². The average Bonchev–Trinajstić information content (AvgIpc) is 2.23. The van der Waals surface area contributed by atoms with E-state index in [2.05, 4.69) is 29.7 Å². The molecular weight excluding hydrogens is 190 g/mol. The zero-order chi connectivity index (χ0) is 9.80. The Morgan fingerprint density at radius 3 is 2.43 bits per heavy atom. The van der Waals surface area contributed by atoms with Crippen molar-refractivity contribution in [1.29, 1.82) is 0 Å². The lowest BCUT2D eigenvalue weighted by atomic mass is 10.1. The summed E-state index contributed by atoms with van der Waals surface area (Å²) in [5.41, 5.74) is 2.36. The third-order valence-electron chi connectivity index (χ3n) is 2.05. The summed E-state index contributed by atoms with van der Waals surface area (Å²) in [6.45, 7) is 0. The van der Waals surface area contributed by atoms with Crippen molar-refractivity contribution >= 4 is 12.6 Å². The van der Waals surface area contributed by atoms with Crippen molar-refractivity contribution in [2.24, 2.45) is 0 Å². The maximum Gasteiger partial charge on any atom is 0.0447 e. The Morgan fingerprint density at radius 1 is 1.00 bits per heavy atom. The minimum absolute atomic E-state index is 0.884. The van der Waals surface area contributed by atoms with Crippen LogP contribution in [-0.4, -0.2) is 4.98 Å². The van der Waals surface area contributed by atoms with Crippen molar-refractivity contribution in [2.45, 2.75) is 11.3 Å². The Bertz CT molecular complexity index is 394. The number of aromatic nitrogens is 1. The van der Waals surface area contributed by atoms with E-state index in [1.54, 1.807) is 0 Å². The van der Waals surface area contributed by atoms with Gasteiger partial charge in [0.1, 0.15) is 0 Å². The summed E-state index contributed by atoms with van der Waals surface area (Å²) in [7, 11) is 0. The third-order valence-corrected chi connectivity index (χ3v) is 2.35. The monoisotopic (exact) mass is 201 g/mol. The topological polar surface area (TPSA) is 12.9 Å². The van der Waals surface area contributed by atoms with Crippen LogP contribution < -0.4 is 0 Å². The number of thiol groups is 1. The molecule has 0 atom stereocenters. The van der Waals surface area contributed by atoms with Crippen LogP contribution in [0.25, 0.3) is 0 Å². The molecule has 1 aromatic carbocycles. The molecule has 0 saturated heterocycles. The van der Waals surface area contributed by atoms with Gasteiger partial charge in [0, 0.05) is 23.2 Å². The van der Waals surface area contributed by atoms with Crippen LogP contribution in [0.1, 0.15) is 11.3 Å². The van der Waals surface area contributed by atoms with Crippen molar-refractivity contribution in [2.75, 3.05) is 0 Å². The first-order valence-electron chi connectivity index (χ1n) is 4.52. The predicted octanol–water partition coefficient (Wildman–Crippen LogP) is 2.96. The van der Waals surface area contributed by atoms with Crippen LogP contribution in [0.5, 0.6) is 0 Å². The lowest BCUT2D eigenvalue weighted by Gasteiger charge is -2.00. The van der Waals surface area contributed by atoms with Crippen LogP contribution in [0, 0.1) is 0 Å². The molecule has 2 heteroatoms. The quantitative estimate of drug-likeness (QED) is 0.737. The van der Waals surface area contributed by atoms with Gasteiger partial charge < -0.3 is 0 Å². The largest absolute Gasteiger partial charge is 0.261 e. The summed E-state index contributed by atoms with van der Waals surface area (Å²) in [6.07, 6.45) is 2.71. The minimum Gasteiger partial charge on any atom is -0.261 e. The second kappa shape index (κ2) is 4.29. The van der Waals surface area contributed by atoms with E-state index >= 15 is 0 Å². The second-order valence-electron chi connectivity index (χ2n) is 3.16. The van der Waals surface area contributed by atoms with Crippen LogP contribution in [0.4, 0.5) is 0 Å². The van der Waals surface area contributed by atoms with Gasteiger partial charge in [0.25, 0.3) is 0 Å². The maximum absolute atomic E-state index is 4.28. The first-order valence-corrected chi connectivity index (χ1v) is 4.97. The van der Waals surface area contributed by atoms with Crippen molar-refractivity contribution < 1.29 is 0 Å². The van der Waals surface area contributed by atoms with Crippen LogP contribution >= 0.6 is 12.6 Å². The van der Waals surface area contributed by atoms with E-state index in [1.165, 1.54) is 5.56 Å².